The Morgan fingerprint density at radius 3 is 2.00 bits per heavy atom. The molecule has 1 aliphatic rings. The van der Waals surface area contributed by atoms with Gasteiger partial charge >= 0.3 is 24.1 Å². The van der Waals surface area contributed by atoms with E-state index in [9.17, 15) is 24.0 Å². The summed E-state index contributed by atoms with van der Waals surface area (Å²) in [6.45, 7) is 0.771. The van der Waals surface area contributed by atoms with Gasteiger partial charge in [0, 0.05) is 50.1 Å². The molecule has 2 atom stereocenters. The first-order valence-electron chi connectivity index (χ1n) is 18.1. The zero-order valence-electron chi connectivity index (χ0n) is 31.6. The Balaban J connectivity index is 1.28. The molecule has 0 saturated carbocycles. The Morgan fingerprint density at radius 2 is 1.38 bits per heavy atom. The highest BCUT2D eigenvalue weighted by atomic mass is 16.6. The second-order valence-corrected chi connectivity index (χ2v) is 12.8. The van der Waals surface area contributed by atoms with Crippen LogP contribution in [0.3, 0.4) is 0 Å². The van der Waals surface area contributed by atoms with Crippen LogP contribution in [0.25, 0.3) is 0 Å². The summed E-state index contributed by atoms with van der Waals surface area (Å²) >= 11 is 0. The van der Waals surface area contributed by atoms with E-state index in [1.807, 2.05) is 48.5 Å². The third-order valence-electron chi connectivity index (χ3n) is 8.75. The molecular weight excluding hydrogens is 718 g/mol. The molecule has 3 aromatic carbocycles. The Bertz CT molecular complexity index is 1990. The van der Waals surface area contributed by atoms with Crippen LogP contribution >= 0.6 is 0 Å². The lowest BCUT2D eigenvalue weighted by Gasteiger charge is -2.22. The first-order chi connectivity index (χ1) is 27.1. The van der Waals surface area contributed by atoms with E-state index in [1.165, 1.54) is 19.1 Å². The van der Waals surface area contributed by atoms with Gasteiger partial charge in [-0.25, -0.2) is 14.4 Å². The van der Waals surface area contributed by atoms with Crippen LogP contribution in [0.4, 0.5) is 9.59 Å². The number of hydrogen-bond donors (Lipinski definition) is 4. The number of aryl methyl sites for hydroxylation is 1. The number of nitrogens with one attached hydrogen (secondary N) is 2. The highest BCUT2D eigenvalue weighted by Crippen LogP contribution is 2.22. The molecule has 1 fully saturated rings. The van der Waals surface area contributed by atoms with Crippen LogP contribution < -0.4 is 22.1 Å². The number of carbonyl (C=O) groups is 5. The highest BCUT2D eigenvalue weighted by Gasteiger charge is 2.40. The third kappa shape index (κ3) is 13.8. The van der Waals surface area contributed by atoms with Crippen molar-refractivity contribution in [3.63, 3.8) is 0 Å². The monoisotopic (exact) mass is 765 g/mol. The summed E-state index contributed by atoms with van der Waals surface area (Å²) in [7, 11) is 2.54. The van der Waals surface area contributed by atoms with E-state index in [0.29, 0.717) is 42.6 Å². The number of hydrogen-bond acceptors (Lipinski definition) is 11. The average molecular weight is 766 g/mol. The number of carbonyl (C=O) groups excluding carboxylic acids is 5. The van der Waals surface area contributed by atoms with E-state index in [-0.39, 0.29) is 51.5 Å². The standard InChI is InChI=1S/C42H47N5O9/c1-53-39(49)23-35-20-30(13-6-16-55-41(51)45-27-34-12-4-11-33(22-34)26-44)19-31(21-35)14-7-17-56-42(52)46-36-24-37(40(50)54-2)47(28-36)38(48)15-5-9-29-8-3-10-32(18-29)25-43/h3-4,8,10-12,18-22,36-37H,5,9,15-17,23-28,43-44H2,1-2H3,(H,45,51)(H,46,52). The average Bonchev–Trinajstić information content (AvgIpc) is 3.63. The minimum Gasteiger partial charge on any atom is -0.469 e. The summed E-state index contributed by atoms with van der Waals surface area (Å²) in [5.41, 5.74) is 16.9. The number of nitrogens with zero attached hydrogens (tertiary/aromatic N) is 1. The lowest BCUT2D eigenvalue weighted by atomic mass is 10.0. The van der Waals surface area contributed by atoms with E-state index in [0.717, 1.165) is 22.3 Å². The van der Waals surface area contributed by atoms with Gasteiger partial charge in [-0.3, -0.25) is 9.59 Å². The molecule has 1 heterocycles. The van der Waals surface area contributed by atoms with Crippen LogP contribution in [0.5, 0.6) is 0 Å². The van der Waals surface area contributed by atoms with Crippen molar-refractivity contribution in [1.82, 2.24) is 15.5 Å². The lowest BCUT2D eigenvalue weighted by Crippen LogP contribution is -2.42. The molecule has 0 spiro atoms. The summed E-state index contributed by atoms with van der Waals surface area (Å²) in [5, 5.41) is 5.38. The summed E-state index contributed by atoms with van der Waals surface area (Å²) in [4.78, 5) is 63.9. The van der Waals surface area contributed by atoms with Gasteiger partial charge in [0.1, 0.15) is 6.04 Å². The number of nitrogens with two attached hydrogens (primary N) is 2. The summed E-state index contributed by atoms with van der Waals surface area (Å²) in [6, 6.07) is 19.1. The van der Waals surface area contributed by atoms with Crippen molar-refractivity contribution in [3.8, 4) is 23.7 Å². The number of esters is 2. The fraction of sp³-hybridized carbons (Fsp3) is 0.357. The topological polar surface area (TPSA) is 202 Å². The lowest BCUT2D eigenvalue weighted by molar-refractivity contribution is -0.151. The molecule has 56 heavy (non-hydrogen) atoms. The summed E-state index contributed by atoms with van der Waals surface area (Å²) < 4.78 is 20.2. The molecule has 14 nitrogen and oxygen atoms in total. The molecular formula is C42H47N5O9. The molecule has 14 heteroatoms. The molecule has 0 aliphatic carbocycles. The van der Waals surface area contributed by atoms with Crippen LogP contribution in [0.1, 0.15) is 58.2 Å². The van der Waals surface area contributed by atoms with E-state index in [2.05, 4.69) is 34.3 Å². The number of rotatable bonds is 14. The van der Waals surface area contributed by atoms with Crippen molar-refractivity contribution in [1.29, 1.82) is 0 Å². The molecule has 1 aliphatic heterocycles. The maximum absolute atomic E-state index is 13.2. The SMILES string of the molecule is COC(=O)Cc1cc(C#CCOC(=O)NCc2cccc(CN)c2)cc(C#CCOC(=O)NC2CC(C(=O)OC)N(C(=O)CCCc3cccc(CN)c3)C2)c1. The second-order valence-electron chi connectivity index (χ2n) is 12.8. The van der Waals surface area contributed by atoms with Crippen LogP contribution in [-0.4, -0.2) is 81.0 Å². The molecule has 3 amide bonds. The predicted octanol–water partition coefficient (Wildman–Crippen LogP) is 2.84. The fourth-order valence-corrected chi connectivity index (χ4v) is 6.03. The number of likely N-dealkylation sites (tertiary alicyclic amines) is 1. The smallest absolute Gasteiger partial charge is 0.408 e. The first kappa shape index (κ1) is 42.4. The minimum absolute atomic E-state index is 0.0278. The van der Waals surface area contributed by atoms with E-state index in [4.69, 9.17) is 30.4 Å². The Morgan fingerprint density at radius 1 is 0.768 bits per heavy atom. The number of methoxy groups -OCH3 is 2. The van der Waals surface area contributed by atoms with Gasteiger partial charge in [0.25, 0.3) is 0 Å². The van der Waals surface area contributed by atoms with E-state index >= 15 is 0 Å². The van der Waals surface area contributed by atoms with Crippen LogP contribution in [-0.2, 0) is 65.8 Å². The van der Waals surface area contributed by atoms with E-state index in [1.54, 1.807) is 18.2 Å². The Kier molecular flexibility index (Phi) is 16.8. The Labute approximate surface area is 326 Å². The zero-order valence-corrected chi connectivity index (χ0v) is 31.6. The van der Waals surface area contributed by atoms with Gasteiger partial charge < -0.3 is 45.9 Å². The van der Waals surface area contributed by atoms with Gasteiger partial charge in [-0.15, -0.1) is 0 Å². The molecule has 2 unspecified atom stereocenters. The molecule has 4 rings (SSSR count). The van der Waals surface area contributed by atoms with Crippen molar-refractivity contribution < 1.29 is 42.9 Å². The molecule has 294 valence electrons. The zero-order chi connectivity index (χ0) is 40.3. The number of benzene rings is 3. The molecule has 0 aromatic heterocycles. The van der Waals surface area contributed by atoms with Crippen molar-refractivity contribution in [2.75, 3.05) is 34.0 Å². The largest absolute Gasteiger partial charge is 0.469 e. The van der Waals surface area contributed by atoms with Gasteiger partial charge in [0.2, 0.25) is 5.91 Å². The predicted molar refractivity (Wildman–Crippen MR) is 206 cm³/mol. The maximum atomic E-state index is 13.2. The molecule has 3 aromatic rings. The normalized spacial score (nSPS) is 14.2. The number of ether oxygens (including phenoxy) is 4. The second kappa shape index (κ2) is 22.1. The van der Waals surface area contributed by atoms with Crippen LogP contribution in [0.2, 0.25) is 0 Å². The van der Waals surface area contributed by atoms with Crippen molar-refractivity contribution >= 4 is 30.0 Å². The van der Waals surface area contributed by atoms with Gasteiger partial charge in [-0.05, 0) is 58.9 Å². The highest BCUT2D eigenvalue weighted by molar-refractivity contribution is 5.85. The van der Waals surface area contributed by atoms with Crippen molar-refractivity contribution in [3.05, 3.63) is 106 Å². The van der Waals surface area contributed by atoms with Gasteiger partial charge in [0.05, 0.1) is 26.7 Å². The molecule has 0 bridgehead atoms. The first-order valence-corrected chi connectivity index (χ1v) is 18.1. The van der Waals surface area contributed by atoms with Crippen LogP contribution in [0.15, 0.2) is 66.7 Å². The summed E-state index contributed by atoms with van der Waals surface area (Å²) in [6.07, 6.45) is 0.229. The molecule has 6 N–H and O–H groups in total. The van der Waals surface area contributed by atoms with E-state index < -0.39 is 36.2 Å². The maximum Gasteiger partial charge on any atom is 0.408 e. The third-order valence-corrected chi connectivity index (χ3v) is 8.75. The molecule has 0 radical (unpaired) electrons. The van der Waals surface area contributed by atoms with Gasteiger partial charge in [-0.1, -0.05) is 72.2 Å². The quantitative estimate of drug-likeness (QED) is 0.107. The van der Waals surface area contributed by atoms with Crippen molar-refractivity contribution in [2.24, 2.45) is 11.5 Å². The molecule has 1 saturated heterocycles. The minimum atomic E-state index is -0.832. The number of alkyl carbamates (subject to hydrolysis) is 2. The number of amides is 3. The Hall–Kier alpha value is -6.35. The van der Waals surface area contributed by atoms with Crippen molar-refractivity contribution in [2.45, 2.75) is 63.8 Å². The van der Waals surface area contributed by atoms with Gasteiger partial charge in [-0.2, -0.15) is 0 Å². The van der Waals surface area contributed by atoms with Gasteiger partial charge in [0.15, 0.2) is 13.2 Å². The van der Waals surface area contributed by atoms with Crippen LogP contribution in [0, 0.1) is 23.7 Å². The fourth-order valence-electron chi connectivity index (χ4n) is 6.03. The summed E-state index contributed by atoms with van der Waals surface area (Å²) in [5.74, 6) is 10.1.